The minimum atomic E-state index is -2.92. The first-order valence-corrected chi connectivity index (χ1v) is 13.0. The highest BCUT2D eigenvalue weighted by atomic mass is 35.5. The maximum absolute atomic E-state index is 12.8. The van der Waals surface area contributed by atoms with Gasteiger partial charge in [-0.15, -0.1) is 11.3 Å². The molecule has 2 N–H and O–H groups in total. The van der Waals surface area contributed by atoms with Crippen LogP contribution in [0.3, 0.4) is 0 Å². The van der Waals surface area contributed by atoms with E-state index in [0.29, 0.717) is 41.6 Å². The number of sulfone groups is 1. The lowest BCUT2D eigenvalue weighted by atomic mass is 10.1. The van der Waals surface area contributed by atoms with Gasteiger partial charge >= 0.3 is 0 Å². The summed E-state index contributed by atoms with van der Waals surface area (Å²) in [5.74, 6) is 1.03. The lowest BCUT2D eigenvalue weighted by Crippen LogP contribution is -2.25. The van der Waals surface area contributed by atoms with Gasteiger partial charge in [-0.1, -0.05) is 23.7 Å². The summed E-state index contributed by atoms with van der Waals surface area (Å²) in [5, 5.41) is 7.76. The molecule has 0 spiro atoms. The van der Waals surface area contributed by atoms with Crippen molar-refractivity contribution >= 4 is 54.7 Å². The van der Waals surface area contributed by atoms with Crippen molar-refractivity contribution in [1.29, 1.82) is 0 Å². The first-order chi connectivity index (χ1) is 14.8. The smallest absolute Gasteiger partial charge is 0.261 e. The van der Waals surface area contributed by atoms with E-state index >= 15 is 0 Å². The molecule has 31 heavy (non-hydrogen) atoms. The first kappa shape index (κ1) is 22.0. The number of thiophene rings is 1. The third kappa shape index (κ3) is 5.16. The fourth-order valence-corrected chi connectivity index (χ4v) is 6.80. The number of hydrogen-bond acceptors (Lipinski definition) is 7. The van der Waals surface area contributed by atoms with Gasteiger partial charge < -0.3 is 10.6 Å². The number of amides is 1. The molecule has 1 aliphatic rings. The summed E-state index contributed by atoms with van der Waals surface area (Å²) in [6, 6.07) is 7.57. The molecule has 1 saturated heterocycles. The summed E-state index contributed by atoms with van der Waals surface area (Å²) < 4.78 is 23.4. The molecule has 0 bridgehead atoms. The lowest BCUT2D eigenvalue weighted by molar-refractivity contribution is 0.0957. The van der Waals surface area contributed by atoms with E-state index in [9.17, 15) is 13.2 Å². The van der Waals surface area contributed by atoms with E-state index in [2.05, 4.69) is 20.6 Å². The number of nitrogens with zero attached hydrogens (tertiary/aromatic N) is 2. The van der Waals surface area contributed by atoms with E-state index in [4.69, 9.17) is 11.6 Å². The van der Waals surface area contributed by atoms with Crippen LogP contribution in [0.25, 0.3) is 10.2 Å². The van der Waals surface area contributed by atoms with Crippen LogP contribution in [0.1, 0.15) is 27.2 Å². The number of anilines is 1. The molecule has 0 radical (unpaired) electrons. The Kier molecular flexibility index (Phi) is 6.45. The molecule has 1 aromatic carbocycles. The predicted molar refractivity (Wildman–Crippen MR) is 125 cm³/mol. The largest absolute Gasteiger partial charge is 0.369 e. The van der Waals surface area contributed by atoms with Crippen molar-refractivity contribution in [3.8, 4) is 0 Å². The van der Waals surface area contributed by atoms with Crippen molar-refractivity contribution in [2.24, 2.45) is 5.92 Å². The number of nitrogens with one attached hydrogen (secondary N) is 2. The molecule has 3 aromatic rings. The average molecular weight is 479 g/mol. The molecule has 164 valence electrons. The Morgan fingerprint density at radius 2 is 2.03 bits per heavy atom. The van der Waals surface area contributed by atoms with Gasteiger partial charge in [0.25, 0.3) is 5.91 Å². The number of carbonyl (C=O) groups excluding carboxylic acids is 1. The molecule has 1 atom stereocenters. The van der Waals surface area contributed by atoms with Crippen LogP contribution in [0.5, 0.6) is 0 Å². The van der Waals surface area contributed by atoms with E-state index < -0.39 is 9.84 Å². The predicted octanol–water partition coefficient (Wildman–Crippen LogP) is 3.47. The number of fused-ring (bicyclic) bond motifs is 1. The Labute approximate surface area is 190 Å². The zero-order valence-corrected chi connectivity index (χ0v) is 19.4. The van der Waals surface area contributed by atoms with Crippen LogP contribution in [0.15, 0.2) is 30.6 Å². The second-order valence-electron chi connectivity index (χ2n) is 7.74. The fourth-order valence-electron chi connectivity index (χ4n) is 3.75. The molecule has 10 heteroatoms. The molecular formula is C21H23ClN4O3S2. The normalized spacial score (nSPS) is 17.7. The number of halogens is 1. The Bertz CT molecular complexity index is 1210. The molecule has 7 nitrogen and oxygen atoms in total. The van der Waals surface area contributed by atoms with Gasteiger partial charge in [0.05, 0.1) is 21.8 Å². The van der Waals surface area contributed by atoms with E-state index in [0.717, 1.165) is 21.3 Å². The number of rotatable bonds is 7. The van der Waals surface area contributed by atoms with Gasteiger partial charge in [0.15, 0.2) is 9.84 Å². The van der Waals surface area contributed by atoms with Crippen molar-refractivity contribution in [1.82, 2.24) is 15.3 Å². The minimum Gasteiger partial charge on any atom is -0.369 e. The zero-order valence-electron chi connectivity index (χ0n) is 17.0. The molecule has 1 amide bonds. The third-order valence-corrected chi connectivity index (χ3v) is 8.72. The van der Waals surface area contributed by atoms with Crippen molar-refractivity contribution in [2.75, 3.05) is 29.9 Å². The Balaban J connectivity index is 1.44. The standard InChI is InChI=1S/C21H23ClN4O3S2/c1-13-17-19(24-10-15-7-9-31(28,29)11-15)25-12-26-21(17)30-18(13)20(27)23-8-6-14-2-4-16(22)5-3-14/h2-5,12,15H,6-11H2,1H3,(H,23,27)(H,24,25,26)/t15-/m0/s1. The quantitative estimate of drug-likeness (QED) is 0.539. The summed E-state index contributed by atoms with van der Waals surface area (Å²) in [6.45, 7) is 2.94. The van der Waals surface area contributed by atoms with Crippen LogP contribution in [0.4, 0.5) is 5.82 Å². The zero-order chi connectivity index (χ0) is 22.0. The number of hydrogen-bond donors (Lipinski definition) is 2. The van der Waals surface area contributed by atoms with Crippen LogP contribution in [-0.2, 0) is 16.3 Å². The highest BCUT2D eigenvalue weighted by Gasteiger charge is 2.28. The number of aryl methyl sites for hydroxylation is 1. The highest BCUT2D eigenvalue weighted by Crippen LogP contribution is 2.33. The molecule has 0 unspecified atom stereocenters. The van der Waals surface area contributed by atoms with Crippen LogP contribution >= 0.6 is 22.9 Å². The van der Waals surface area contributed by atoms with E-state index in [-0.39, 0.29) is 23.3 Å². The second kappa shape index (κ2) is 9.10. The summed E-state index contributed by atoms with van der Waals surface area (Å²) in [5.41, 5.74) is 1.93. The van der Waals surface area contributed by atoms with Crippen molar-refractivity contribution < 1.29 is 13.2 Å². The van der Waals surface area contributed by atoms with Crippen molar-refractivity contribution in [3.05, 3.63) is 51.6 Å². The van der Waals surface area contributed by atoms with Gasteiger partial charge in [-0.3, -0.25) is 4.79 Å². The molecule has 1 fully saturated rings. The maximum Gasteiger partial charge on any atom is 0.261 e. The van der Waals surface area contributed by atoms with Gasteiger partial charge in [-0.2, -0.15) is 0 Å². The van der Waals surface area contributed by atoms with E-state index in [1.165, 1.54) is 17.7 Å². The average Bonchev–Trinajstić information content (AvgIpc) is 3.27. The number of benzene rings is 1. The van der Waals surface area contributed by atoms with Crippen molar-refractivity contribution in [3.63, 3.8) is 0 Å². The lowest BCUT2D eigenvalue weighted by Gasteiger charge is -2.11. The van der Waals surface area contributed by atoms with Crippen LogP contribution in [-0.4, -0.2) is 48.9 Å². The van der Waals surface area contributed by atoms with E-state index in [1.54, 1.807) is 0 Å². The van der Waals surface area contributed by atoms with E-state index in [1.807, 2.05) is 31.2 Å². The van der Waals surface area contributed by atoms with Gasteiger partial charge in [-0.05, 0) is 48.9 Å². The van der Waals surface area contributed by atoms with Gasteiger partial charge in [0, 0.05) is 18.1 Å². The van der Waals surface area contributed by atoms with Gasteiger partial charge in [0.2, 0.25) is 0 Å². The van der Waals surface area contributed by atoms with Gasteiger partial charge in [0.1, 0.15) is 17.0 Å². The Morgan fingerprint density at radius 3 is 2.74 bits per heavy atom. The van der Waals surface area contributed by atoms with Crippen LogP contribution in [0.2, 0.25) is 5.02 Å². The monoisotopic (exact) mass is 478 g/mol. The molecule has 2 aromatic heterocycles. The third-order valence-electron chi connectivity index (χ3n) is 5.43. The van der Waals surface area contributed by atoms with Gasteiger partial charge in [-0.25, -0.2) is 18.4 Å². The first-order valence-electron chi connectivity index (χ1n) is 10.0. The minimum absolute atomic E-state index is 0.0737. The second-order valence-corrected chi connectivity index (χ2v) is 11.4. The molecule has 0 saturated carbocycles. The SMILES string of the molecule is Cc1c(C(=O)NCCc2ccc(Cl)cc2)sc2ncnc(NC[C@@H]3CCS(=O)(=O)C3)c12. The number of carbonyl (C=O) groups is 1. The summed E-state index contributed by atoms with van der Waals surface area (Å²) in [6.07, 6.45) is 2.84. The summed E-state index contributed by atoms with van der Waals surface area (Å²) >= 11 is 7.24. The summed E-state index contributed by atoms with van der Waals surface area (Å²) in [7, 11) is -2.92. The molecule has 3 heterocycles. The number of aromatic nitrogens is 2. The fraction of sp³-hybridized carbons (Fsp3) is 0.381. The Hall–Kier alpha value is -2.23. The van der Waals surface area contributed by atoms with Crippen molar-refractivity contribution in [2.45, 2.75) is 19.8 Å². The molecule has 1 aliphatic heterocycles. The Morgan fingerprint density at radius 1 is 1.26 bits per heavy atom. The molecular weight excluding hydrogens is 456 g/mol. The summed E-state index contributed by atoms with van der Waals surface area (Å²) in [4.78, 5) is 22.8. The van der Waals surface area contributed by atoms with Crippen LogP contribution in [0, 0.1) is 12.8 Å². The molecule has 4 rings (SSSR count). The maximum atomic E-state index is 12.8. The highest BCUT2D eigenvalue weighted by molar-refractivity contribution is 7.91. The molecule has 0 aliphatic carbocycles. The topological polar surface area (TPSA) is 101 Å². The van der Waals surface area contributed by atoms with Crippen LogP contribution < -0.4 is 10.6 Å².